The number of nitrogens with one attached hydrogen (secondary N) is 1. The molecule has 0 atom stereocenters. The average Bonchev–Trinajstić information content (AvgIpc) is 3.22. The van der Waals surface area contributed by atoms with Crippen molar-refractivity contribution in [2.24, 2.45) is 0 Å². The predicted octanol–water partition coefficient (Wildman–Crippen LogP) is 3.68. The van der Waals surface area contributed by atoms with Crippen LogP contribution in [0.1, 0.15) is 56.8 Å². The number of amides is 1. The Kier molecular flexibility index (Phi) is 3.78. The summed E-state index contributed by atoms with van der Waals surface area (Å²) in [5.41, 5.74) is 1.82. The minimum Gasteiger partial charge on any atom is -0.444 e. The van der Waals surface area contributed by atoms with Gasteiger partial charge in [-0.05, 0) is 39.2 Å². The molecule has 6 nitrogen and oxygen atoms in total. The van der Waals surface area contributed by atoms with Crippen LogP contribution in [-0.4, -0.2) is 44.9 Å². The molecule has 132 valence electrons. The number of H-pyrrole nitrogens is 1. The van der Waals surface area contributed by atoms with Crippen molar-refractivity contribution >= 4 is 6.09 Å². The van der Waals surface area contributed by atoms with E-state index >= 15 is 0 Å². The van der Waals surface area contributed by atoms with Crippen molar-refractivity contribution in [3.05, 3.63) is 35.7 Å². The molecule has 2 aromatic rings. The van der Waals surface area contributed by atoms with E-state index in [2.05, 4.69) is 39.4 Å². The molecule has 0 spiro atoms. The van der Waals surface area contributed by atoms with Crippen LogP contribution in [0.15, 0.2) is 24.3 Å². The number of aromatic amines is 1. The standard InChI is InChI=1S/C19H24N4O2/c1-19(2,3)25-18(24)23-10-15(11-23)12-4-6-13(7-5-12)16-20-17(22-21-16)14-8-9-14/h4-7,14-15H,8-11H2,1-3H3,(H,20,21,22). The summed E-state index contributed by atoms with van der Waals surface area (Å²) < 4.78 is 5.40. The fourth-order valence-electron chi connectivity index (χ4n) is 3.01. The van der Waals surface area contributed by atoms with Gasteiger partial charge >= 0.3 is 6.09 Å². The van der Waals surface area contributed by atoms with Gasteiger partial charge in [-0.25, -0.2) is 9.78 Å². The van der Waals surface area contributed by atoms with E-state index in [0.717, 1.165) is 17.2 Å². The molecule has 25 heavy (non-hydrogen) atoms. The van der Waals surface area contributed by atoms with Gasteiger partial charge in [0.05, 0.1) is 0 Å². The summed E-state index contributed by atoms with van der Waals surface area (Å²) in [4.78, 5) is 18.3. The second kappa shape index (κ2) is 5.86. The van der Waals surface area contributed by atoms with Crippen LogP contribution in [0.5, 0.6) is 0 Å². The molecule has 1 amide bonds. The van der Waals surface area contributed by atoms with Crippen molar-refractivity contribution < 1.29 is 9.53 Å². The monoisotopic (exact) mass is 340 g/mol. The van der Waals surface area contributed by atoms with E-state index in [4.69, 9.17) is 4.74 Å². The zero-order valence-corrected chi connectivity index (χ0v) is 15.0. The number of aromatic nitrogens is 3. The van der Waals surface area contributed by atoms with Gasteiger partial charge in [0.25, 0.3) is 0 Å². The number of ether oxygens (including phenoxy) is 1. The van der Waals surface area contributed by atoms with E-state index in [9.17, 15) is 4.79 Å². The number of hydrogen-bond acceptors (Lipinski definition) is 4. The van der Waals surface area contributed by atoms with Crippen LogP contribution in [0, 0.1) is 0 Å². The average molecular weight is 340 g/mol. The van der Waals surface area contributed by atoms with Crippen molar-refractivity contribution in [3.8, 4) is 11.4 Å². The molecule has 0 radical (unpaired) electrons. The molecule has 1 saturated heterocycles. The van der Waals surface area contributed by atoms with Gasteiger partial charge < -0.3 is 9.64 Å². The quantitative estimate of drug-likeness (QED) is 0.925. The second-order valence-electron chi connectivity index (χ2n) is 8.02. The van der Waals surface area contributed by atoms with Gasteiger partial charge in [0.1, 0.15) is 11.4 Å². The highest BCUT2D eigenvalue weighted by atomic mass is 16.6. The number of hydrogen-bond donors (Lipinski definition) is 1. The first-order valence-corrected chi connectivity index (χ1v) is 8.89. The number of carbonyl (C=O) groups is 1. The van der Waals surface area contributed by atoms with E-state index < -0.39 is 5.60 Å². The lowest BCUT2D eigenvalue weighted by Crippen LogP contribution is -2.50. The molecule has 0 unspecified atom stereocenters. The lowest BCUT2D eigenvalue weighted by molar-refractivity contribution is 0.00820. The van der Waals surface area contributed by atoms with Gasteiger partial charge in [0.2, 0.25) is 0 Å². The smallest absolute Gasteiger partial charge is 0.410 e. The maximum absolute atomic E-state index is 12.0. The van der Waals surface area contributed by atoms with Crippen LogP contribution in [-0.2, 0) is 4.74 Å². The highest BCUT2D eigenvalue weighted by Gasteiger charge is 2.34. The molecule has 1 aliphatic heterocycles. The molecule has 2 fully saturated rings. The lowest BCUT2D eigenvalue weighted by Gasteiger charge is -2.40. The van der Waals surface area contributed by atoms with Crippen LogP contribution in [0.4, 0.5) is 4.79 Å². The van der Waals surface area contributed by atoms with Crippen LogP contribution in [0.2, 0.25) is 0 Å². The minimum absolute atomic E-state index is 0.228. The Morgan fingerprint density at radius 3 is 2.44 bits per heavy atom. The highest BCUT2D eigenvalue weighted by Crippen LogP contribution is 2.38. The Morgan fingerprint density at radius 2 is 1.84 bits per heavy atom. The SMILES string of the molecule is CC(C)(C)OC(=O)N1CC(c2ccc(-c3n[nH]c(C4CC4)n3)cc2)C1. The summed E-state index contributed by atoms with van der Waals surface area (Å²) >= 11 is 0. The number of rotatable bonds is 3. The van der Waals surface area contributed by atoms with Crippen molar-refractivity contribution in [1.29, 1.82) is 0 Å². The molecular formula is C19H24N4O2. The van der Waals surface area contributed by atoms with Gasteiger partial charge in [-0.15, -0.1) is 0 Å². The van der Waals surface area contributed by atoms with Crippen molar-refractivity contribution in [3.63, 3.8) is 0 Å². The van der Waals surface area contributed by atoms with E-state index in [-0.39, 0.29) is 6.09 Å². The first kappa shape index (κ1) is 16.1. The summed E-state index contributed by atoms with van der Waals surface area (Å²) in [6.07, 6.45) is 2.20. The predicted molar refractivity (Wildman–Crippen MR) is 94.3 cm³/mol. The van der Waals surface area contributed by atoms with Gasteiger partial charge in [0.15, 0.2) is 5.82 Å². The third-order valence-corrected chi connectivity index (χ3v) is 4.64. The summed E-state index contributed by atoms with van der Waals surface area (Å²) in [5.74, 6) is 2.72. The third-order valence-electron chi connectivity index (χ3n) is 4.64. The number of likely N-dealkylation sites (tertiary alicyclic amines) is 1. The minimum atomic E-state index is -0.445. The zero-order valence-electron chi connectivity index (χ0n) is 15.0. The normalized spacial score (nSPS) is 18.1. The molecule has 1 saturated carbocycles. The molecule has 0 bridgehead atoms. The maximum Gasteiger partial charge on any atom is 0.410 e. The lowest BCUT2D eigenvalue weighted by atomic mass is 9.91. The Labute approximate surface area is 147 Å². The maximum atomic E-state index is 12.0. The Morgan fingerprint density at radius 1 is 1.16 bits per heavy atom. The molecule has 1 N–H and O–H groups in total. The summed E-state index contributed by atoms with van der Waals surface area (Å²) in [5, 5.41) is 7.36. The zero-order chi connectivity index (χ0) is 17.6. The Bertz CT molecular complexity index is 765. The van der Waals surface area contributed by atoms with Crippen molar-refractivity contribution in [2.75, 3.05) is 13.1 Å². The van der Waals surface area contributed by atoms with Gasteiger partial charge in [-0.3, -0.25) is 5.10 Å². The summed E-state index contributed by atoms with van der Waals surface area (Å²) in [7, 11) is 0. The molecule has 1 aliphatic carbocycles. The molecule has 1 aromatic carbocycles. The summed E-state index contributed by atoms with van der Waals surface area (Å²) in [6, 6.07) is 8.34. The van der Waals surface area contributed by atoms with Crippen LogP contribution in [0.25, 0.3) is 11.4 Å². The molecule has 2 heterocycles. The number of carbonyl (C=O) groups excluding carboxylic acids is 1. The Balaban J connectivity index is 1.36. The number of benzene rings is 1. The molecular weight excluding hydrogens is 316 g/mol. The van der Waals surface area contributed by atoms with Gasteiger partial charge in [-0.1, -0.05) is 24.3 Å². The second-order valence-corrected chi connectivity index (χ2v) is 8.02. The fourth-order valence-corrected chi connectivity index (χ4v) is 3.01. The van der Waals surface area contributed by atoms with E-state index in [1.165, 1.54) is 18.4 Å². The molecule has 2 aliphatic rings. The topological polar surface area (TPSA) is 71.1 Å². The Hall–Kier alpha value is -2.37. The van der Waals surface area contributed by atoms with Crippen LogP contribution < -0.4 is 0 Å². The van der Waals surface area contributed by atoms with Gasteiger partial charge in [0, 0.05) is 30.5 Å². The van der Waals surface area contributed by atoms with E-state index in [1.807, 2.05) is 20.8 Å². The third kappa shape index (κ3) is 3.52. The molecule has 6 heteroatoms. The van der Waals surface area contributed by atoms with Crippen LogP contribution in [0.3, 0.4) is 0 Å². The first-order valence-electron chi connectivity index (χ1n) is 8.89. The molecule has 1 aromatic heterocycles. The number of nitrogens with zero attached hydrogens (tertiary/aromatic N) is 3. The van der Waals surface area contributed by atoms with E-state index in [1.54, 1.807) is 4.90 Å². The first-order chi connectivity index (χ1) is 11.9. The van der Waals surface area contributed by atoms with E-state index in [0.29, 0.717) is 24.9 Å². The van der Waals surface area contributed by atoms with Gasteiger partial charge in [-0.2, -0.15) is 5.10 Å². The highest BCUT2D eigenvalue weighted by molar-refractivity contribution is 5.69. The molecule has 4 rings (SSSR count). The van der Waals surface area contributed by atoms with Crippen molar-refractivity contribution in [1.82, 2.24) is 20.1 Å². The fraction of sp³-hybridized carbons (Fsp3) is 0.526. The van der Waals surface area contributed by atoms with Crippen molar-refractivity contribution in [2.45, 2.75) is 51.0 Å². The summed E-state index contributed by atoms with van der Waals surface area (Å²) in [6.45, 7) is 7.08. The largest absolute Gasteiger partial charge is 0.444 e. The van der Waals surface area contributed by atoms with Crippen LogP contribution >= 0.6 is 0 Å².